The largest absolute Gasteiger partial charge is 0.350 e. The molecule has 0 bridgehead atoms. The Balaban J connectivity index is 1.76. The van der Waals surface area contributed by atoms with Crippen molar-refractivity contribution >= 4 is 17.7 Å². The summed E-state index contributed by atoms with van der Waals surface area (Å²) in [5.41, 5.74) is 1.87. The Bertz CT molecular complexity index is 734. The van der Waals surface area contributed by atoms with Gasteiger partial charge in [0.05, 0.1) is 19.5 Å². The molecule has 0 atom stereocenters. The Morgan fingerprint density at radius 2 is 1.69 bits per heavy atom. The molecule has 1 aliphatic heterocycles. The zero-order valence-electron chi connectivity index (χ0n) is 18.3. The van der Waals surface area contributed by atoms with E-state index in [2.05, 4.69) is 5.32 Å². The number of benzene rings is 1. The molecule has 0 radical (unpaired) electrons. The fourth-order valence-electron chi connectivity index (χ4n) is 3.31. The standard InChI is InChI=1S/C22H34N4O3/c1-17-8-6-7-9-18(17)14-20(28)26-12-10-25(11-13-26)16-21(29)24(5)15-19(27)23-22(2,3)4/h6-9H,10-16H2,1-5H3,(H,23,27). The lowest BCUT2D eigenvalue weighted by molar-refractivity contribution is -0.137. The number of rotatable bonds is 6. The van der Waals surface area contributed by atoms with Gasteiger partial charge in [-0.15, -0.1) is 0 Å². The molecular weight excluding hydrogens is 368 g/mol. The van der Waals surface area contributed by atoms with E-state index in [9.17, 15) is 14.4 Å². The van der Waals surface area contributed by atoms with Crippen molar-refractivity contribution in [3.05, 3.63) is 35.4 Å². The number of likely N-dealkylation sites (N-methyl/N-ethyl adjacent to an activating group) is 1. The minimum atomic E-state index is -0.317. The van der Waals surface area contributed by atoms with E-state index in [0.29, 0.717) is 32.6 Å². The fourth-order valence-corrected chi connectivity index (χ4v) is 3.31. The minimum Gasteiger partial charge on any atom is -0.350 e. The molecule has 0 saturated carbocycles. The van der Waals surface area contributed by atoms with Gasteiger partial charge in [-0.3, -0.25) is 19.3 Å². The van der Waals surface area contributed by atoms with Crippen LogP contribution in [0.4, 0.5) is 0 Å². The summed E-state index contributed by atoms with van der Waals surface area (Å²) in [7, 11) is 1.65. The van der Waals surface area contributed by atoms with Gasteiger partial charge in [-0.2, -0.15) is 0 Å². The number of carbonyl (C=O) groups is 3. The summed E-state index contributed by atoms with van der Waals surface area (Å²) in [6, 6.07) is 7.94. The average Bonchev–Trinajstić information content (AvgIpc) is 2.62. The number of aryl methyl sites for hydroxylation is 1. The van der Waals surface area contributed by atoms with Crippen LogP contribution in [0.3, 0.4) is 0 Å². The number of nitrogens with zero attached hydrogens (tertiary/aromatic N) is 3. The van der Waals surface area contributed by atoms with Crippen molar-refractivity contribution < 1.29 is 14.4 Å². The fraction of sp³-hybridized carbons (Fsp3) is 0.591. The van der Waals surface area contributed by atoms with Crippen LogP contribution in [0.15, 0.2) is 24.3 Å². The summed E-state index contributed by atoms with van der Waals surface area (Å²) in [5.74, 6) is -0.130. The first-order chi connectivity index (χ1) is 13.5. The van der Waals surface area contributed by atoms with Crippen molar-refractivity contribution in [2.75, 3.05) is 46.3 Å². The van der Waals surface area contributed by atoms with E-state index >= 15 is 0 Å². The molecule has 1 saturated heterocycles. The highest BCUT2D eigenvalue weighted by Gasteiger charge is 2.24. The molecule has 1 heterocycles. The summed E-state index contributed by atoms with van der Waals surface area (Å²) in [6.07, 6.45) is 0.414. The summed E-state index contributed by atoms with van der Waals surface area (Å²) in [6.45, 7) is 10.6. The number of piperazine rings is 1. The van der Waals surface area contributed by atoms with Gasteiger partial charge in [0.1, 0.15) is 0 Å². The molecule has 0 unspecified atom stereocenters. The Morgan fingerprint density at radius 3 is 2.28 bits per heavy atom. The predicted octanol–water partition coefficient (Wildman–Crippen LogP) is 1.05. The number of amides is 3. The molecule has 1 aromatic rings. The lowest BCUT2D eigenvalue weighted by Crippen LogP contribution is -2.52. The zero-order valence-corrected chi connectivity index (χ0v) is 18.3. The third-order valence-electron chi connectivity index (χ3n) is 5.01. The average molecular weight is 403 g/mol. The van der Waals surface area contributed by atoms with E-state index in [4.69, 9.17) is 0 Å². The third kappa shape index (κ3) is 7.49. The van der Waals surface area contributed by atoms with Crippen molar-refractivity contribution in [3.8, 4) is 0 Å². The quantitative estimate of drug-likeness (QED) is 0.772. The van der Waals surface area contributed by atoms with E-state index in [0.717, 1.165) is 11.1 Å². The van der Waals surface area contributed by atoms with Crippen LogP contribution in [0.5, 0.6) is 0 Å². The maximum Gasteiger partial charge on any atom is 0.240 e. The van der Waals surface area contributed by atoms with Gasteiger partial charge in [0.15, 0.2) is 0 Å². The molecule has 1 aromatic carbocycles. The molecule has 1 fully saturated rings. The van der Waals surface area contributed by atoms with Crippen molar-refractivity contribution in [2.24, 2.45) is 0 Å². The van der Waals surface area contributed by atoms with E-state index in [-0.39, 0.29) is 36.3 Å². The molecular formula is C22H34N4O3. The van der Waals surface area contributed by atoms with Crippen LogP contribution in [0.25, 0.3) is 0 Å². The Morgan fingerprint density at radius 1 is 1.07 bits per heavy atom. The maximum absolute atomic E-state index is 12.6. The van der Waals surface area contributed by atoms with Crippen LogP contribution in [-0.4, -0.2) is 84.3 Å². The molecule has 29 heavy (non-hydrogen) atoms. The van der Waals surface area contributed by atoms with Gasteiger partial charge < -0.3 is 15.1 Å². The molecule has 0 aromatic heterocycles. The highest BCUT2D eigenvalue weighted by Crippen LogP contribution is 2.11. The summed E-state index contributed by atoms with van der Waals surface area (Å²) in [4.78, 5) is 42.4. The Kier molecular flexibility index (Phi) is 7.79. The van der Waals surface area contributed by atoms with Crippen LogP contribution in [-0.2, 0) is 20.8 Å². The molecule has 0 aliphatic carbocycles. The van der Waals surface area contributed by atoms with Crippen LogP contribution in [0.2, 0.25) is 0 Å². The Labute approximate surface area is 174 Å². The highest BCUT2D eigenvalue weighted by molar-refractivity contribution is 5.85. The van der Waals surface area contributed by atoms with Gasteiger partial charge in [0.25, 0.3) is 0 Å². The van der Waals surface area contributed by atoms with Crippen LogP contribution in [0.1, 0.15) is 31.9 Å². The van der Waals surface area contributed by atoms with Crippen molar-refractivity contribution in [1.82, 2.24) is 20.0 Å². The summed E-state index contributed by atoms with van der Waals surface area (Å²) >= 11 is 0. The van der Waals surface area contributed by atoms with Gasteiger partial charge in [-0.1, -0.05) is 24.3 Å². The molecule has 2 rings (SSSR count). The van der Waals surface area contributed by atoms with Gasteiger partial charge in [0, 0.05) is 38.8 Å². The van der Waals surface area contributed by atoms with Crippen LogP contribution >= 0.6 is 0 Å². The second-order valence-corrected chi connectivity index (χ2v) is 8.81. The SMILES string of the molecule is Cc1ccccc1CC(=O)N1CCN(CC(=O)N(C)CC(=O)NC(C)(C)C)CC1. The molecule has 7 heteroatoms. The second-order valence-electron chi connectivity index (χ2n) is 8.81. The van der Waals surface area contributed by atoms with Crippen molar-refractivity contribution in [1.29, 1.82) is 0 Å². The zero-order chi connectivity index (χ0) is 21.6. The number of hydrogen-bond acceptors (Lipinski definition) is 4. The van der Waals surface area contributed by atoms with Gasteiger partial charge in [0.2, 0.25) is 17.7 Å². The Hall–Kier alpha value is -2.41. The lowest BCUT2D eigenvalue weighted by Gasteiger charge is -2.35. The summed E-state index contributed by atoms with van der Waals surface area (Å²) in [5, 5.41) is 2.86. The van der Waals surface area contributed by atoms with Gasteiger partial charge in [-0.05, 0) is 38.8 Å². The monoisotopic (exact) mass is 402 g/mol. The first-order valence-corrected chi connectivity index (χ1v) is 10.1. The van der Waals surface area contributed by atoms with E-state index in [1.165, 1.54) is 4.90 Å². The molecule has 160 valence electrons. The van der Waals surface area contributed by atoms with Crippen LogP contribution < -0.4 is 5.32 Å². The van der Waals surface area contributed by atoms with E-state index < -0.39 is 0 Å². The molecule has 1 aliphatic rings. The maximum atomic E-state index is 12.6. The normalized spacial score (nSPS) is 15.1. The minimum absolute atomic E-state index is 0.0466. The molecule has 0 spiro atoms. The van der Waals surface area contributed by atoms with Crippen molar-refractivity contribution in [3.63, 3.8) is 0 Å². The lowest BCUT2D eigenvalue weighted by atomic mass is 10.1. The third-order valence-corrected chi connectivity index (χ3v) is 5.01. The first-order valence-electron chi connectivity index (χ1n) is 10.1. The predicted molar refractivity (Wildman–Crippen MR) is 113 cm³/mol. The summed E-state index contributed by atoms with van der Waals surface area (Å²) < 4.78 is 0. The highest BCUT2D eigenvalue weighted by atomic mass is 16.2. The molecule has 1 N–H and O–H groups in total. The number of nitrogens with one attached hydrogen (secondary N) is 1. The number of carbonyl (C=O) groups excluding carboxylic acids is 3. The number of hydrogen-bond donors (Lipinski definition) is 1. The topological polar surface area (TPSA) is 73.0 Å². The van der Waals surface area contributed by atoms with E-state index in [1.54, 1.807) is 7.05 Å². The smallest absolute Gasteiger partial charge is 0.240 e. The van der Waals surface area contributed by atoms with Gasteiger partial charge in [-0.25, -0.2) is 0 Å². The second kappa shape index (κ2) is 9.87. The first kappa shape index (κ1) is 22.9. The van der Waals surface area contributed by atoms with E-state index in [1.807, 2.05) is 61.8 Å². The van der Waals surface area contributed by atoms with Crippen LogP contribution in [0, 0.1) is 6.92 Å². The molecule has 7 nitrogen and oxygen atoms in total. The van der Waals surface area contributed by atoms with Crippen molar-refractivity contribution in [2.45, 2.75) is 39.7 Å². The van der Waals surface area contributed by atoms with Gasteiger partial charge >= 0.3 is 0 Å². The molecule has 3 amide bonds.